The van der Waals surface area contributed by atoms with E-state index in [0.29, 0.717) is 5.95 Å². The Morgan fingerprint density at radius 2 is 2.20 bits per heavy atom. The summed E-state index contributed by atoms with van der Waals surface area (Å²) < 4.78 is 10.5. The fourth-order valence-electron chi connectivity index (χ4n) is 1.07. The van der Waals surface area contributed by atoms with Crippen LogP contribution in [0.3, 0.4) is 0 Å². The molecule has 0 aromatic rings. The first-order chi connectivity index (χ1) is 4.60. The Bertz CT molecular complexity index is 138. The molecule has 0 aromatic heterocycles. The highest BCUT2D eigenvalue weighted by Crippen LogP contribution is 2.23. The maximum atomic E-state index is 5.38. The minimum atomic E-state index is -0.0897. The molecule has 0 saturated carbocycles. The van der Waals surface area contributed by atoms with Crippen LogP contribution in [0.25, 0.3) is 0 Å². The average Bonchev–Trinajstić information content (AvgIpc) is 1.90. The van der Waals surface area contributed by atoms with E-state index in [-0.39, 0.29) is 5.60 Å². The van der Waals surface area contributed by atoms with Crippen LogP contribution in [0.2, 0.25) is 0 Å². The second kappa shape index (κ2) is 2.52. The van der Waals surface area contributed by atoms with Crippen LogP contribution >= 0.6 is 0 Å². The minimum Gasteiger partial charge on any atom is -0.466 e. The molecule has 2 nitrogen and oxygen atoms in total. The Morgan fingerprint density at radius 3 is 2.90 bits per heavy atom. The molecule has 1 saturated heterocycles. The predicted octanol–water partition coefficient (Wildman–Crippen LogP) is 2.06. The molecule has 0 unspecified atom stereocenters. The van der Waals surface area contributed by atoms with Gasteiger partial charge in [-0.2, -0.15) is 0 Å². The molecule has 1 aliphatic heterocycles. The summed E-state index contributed by atoms with van der Waals surface area (Å²) in [5, 5.41) is 0. The topological polar surface area (TPSA) is 18.5 Å². The van der Waals surface area contributed by atoms with Gasteiger partial charge >= 0.3 is 0 Å². The highest BCUT2D eigenvalue weighted by molar-refractivity contribution is 4.80. The van der Waals surface area contributed by atoms with E-state index in [1.807, 2.05) is 13.8 Å². The van der Waals surface area contributed by atoms with Crippen molar-refractivity contribution in [3.05, 3.63) is 12.5 Å². The SMILES string of the molecule is C=C1OCCCC(C)(C)O1. The third-order valence-electron chi connectivity index (χ3n) is 1.58. The van der Waals surface area contributed by atoms with Gasteiger partial charge in [0.05, 0.1) is 6.61 Å². The normalized spacial score (nSPS) is 24.4. The van der Waals surface area contributed by atoms with Crippen molar-refractivity contribution in [2.24, 2.45) is 0 Å². The van der Waals surface area contributed by atoms with Crippen molar-refractivity contribution in [2.45, 2.75) is 32.3 Å². The summed E-state index contributed by atoms with van der Waals surface area (Å²) in [7, 11) is 0. The van der Waals surface area contributed by atoms with Crippen LogP contribution in [-0.4, -0.2) is 12.2 Å². The van der Waals surface area contributed by atoms with Crippen molar-refractivity contribution in [1.82, 2.24) is 0 Å². The molecule has 0 aliphatic carbocycles. The summed E-state index contributed by atoms with van der Waals surface area (Å²) in [6, 6.07) is 0. The number of hydrogen-bond donors (Lipinski definition) is 0. The van der Waals surface area contributed by atoms with Crippen LogP contribution in [0.5, 0.6) is 0 Å². The van der Waals surface area contributed by atoms with Gasteiger partial charge in [-0.05, 0) is 33.3 Å². The molecule has 1 rings (SSSR count). The Balaban J connectivity index is 2.54. The van der Waals surface area contributed by atoms with Crippen molar-refractivity contribution in [3.8, 4) is 0 Å². The third-order valence-corrected chi connectivity index (χ3v) is 1.58. The van der Waals surface area contributed by atoms with Crippen molar-refractivity contribution in [3.63, 3.8) is 0 Å². The summed E-state index contributed by atoms with van der Waals surface area (Å²) in [5.41, 5.74) is -0.0897. The molecular formula is C8H14O2. The summed E-state index contributed by atoms with van der Waals surface area (Å²) in [6.45, 7) is 8.46. The van der Waals surface area contributed by atoms with Gasteiger partial charge in [-0.25, -0.2) is 0 Å². The van der Waals surface area contributed by atoms with Crippen molar-refractivity contribution >= 4 is 0 Å². The maximum Gasteiger partial charge on any atom is 0.272 e. The molecule has 2 heteroatoms. The largest absolute Gasteiger partial charge is 0.466 e. The highest BCUT2D eigenvalue weighted by Gasteiger charge is 2.23. The molecule has 0 bridgehead atoms. The molecule has 0 radical (unpaired) electrons. The van der Waals surface area contributed by atoms with Crippen molar-refractivity contribution in [2.75, 3.05) is 6.61 Å². The molecule has 10 heavy (non-hydrogen) atoms. The van der Waals surface area contributed by atoms with Gasteiger partial charge in [0.1, 0.15) is 5.60 Å². The first-order valence-electron chi connectivity index (χ1n) is 3.61. The second-order valence-electron chi connectivity index (χ2n) is 3.19. The summed E-state index contributed by atoms with van der Waals surface area (Å²) in [5.74, 6) is 0.461. The monoisotopic (exact) mass is 142 g/mol. The van der Waals surface area contributed by atoms with E-state index in [1.165, 1.54) is 0 Å². The van der Waals surface area contributed by atoms with Crippen LogP contribution in [-0.2, 0) is 9.47 Å². The molecule has 0 N–H and O–H groups in total. The molecule has 0 atom stereocenters. The van der Waals surface area contributed by atoms with Gasteiger partial charge in [0.15, 0.2) is 0 Å². The summed E-state index contributed by atoms with van der Waals surface area (Å²) in [6.07, 6.45) is 2.08. The van der Waals surface area contributed by atoms with E-state index in [9.17, 15) is 0 Å². The van der Waals surface area contributed by atoms with Crippen LogP contribution in [0.4, 0.5) is 0 Å². The summed E-state index contributed by atoms with van der Waals surface area (Å²) >= 11 is 0. The lowest BCUT2D eigenvalue weighted by Crippen LogP contribution is -2.21. The molecule has 0 spiro atoms. The van der Waals surface area contributed by atoms with Crippen molar-refractivity contribution in [1.29, 1.82) is 0 Å². The van der Waals surface area contributed by atoms with Crippen LogP contribution < -0.4 is 0 Å². The molecule has 0 aromatic carbocycles. The van der Waals surface area contributed by atoms with Gasteiger partial charge < -0.3 is 9.47 Å². The quantitative estimate of drug-likeness (QED) is 0.515. The number of hydrogen-bond acceptors (Lipinski definition) is 2. The zero-order valence-electron chi connectivity index (χ0n) is 6.64. The van der Waals surface area contributed by atoms with Crippen LogP contribution in [0.15, 0.2) is 12.5 Å². The minimum absolute atomic E-state index is 0.0897. The Kier molecular flexibility index (Phi) is 1.88. The van der Waals surface area contributed by atoms with Crippen molar-refractivity contribution < 1.29 is 9.47 Å². The summed E-state index contributed by atoms with van der Waals surface area (Å²) in [4.78, 5) is 0. The Hall–Kier alpha value is -0.660. The standard InChI is InChI=1S/C8H14O2/c1-7-9-6-4-5-8(2,3)10-7/h1,4-6H2,2-3H3. The van der Waals surface area contributed by atoms with E-state index in [4.69, 9.17) is 9.47 Å². The lowest BCUT2D eigenvalue weighted by atomic mass is 10.0. The Labute approximate surface area is 61.8 Å². The van der Waals surface area contributed by atoms with E-state index in [1.54, 1.807) is 0 Å². The molecule has 1 heterocycles. The maximum absolute atomic E-state index is 5.38. The first-order valence-corrected chi connectivity index (χ1v) is 3.61. The molecule has 58 valence electrons. The molecule has 0 amide bonds. The van der Waals surface area contributed by atoms with Gasteiger partial charge in [-0.3, -0.25) is 0 Å². The fourth-order valence-corrected chi connectivity index (χ4v) is 1.07. The van der Waals surface area contributed by atoms with Gasteiger partial charge in [-0.1, -0.05) is 0 Å². The zero-order chi connectivity index (χ0) is 7.61. The number of ether oxygens (including phenoxy) is 2. The lowest BCUT2D eigenvalue weighted by molar-refractivity contribution is -0.0289. The lowest BCUT2D eigenvalue weighted by Gasteiger charge is -2.22. The molecule has 1 aliphatic rings. The van der Waals surface area contributed by atoms with Gasteiger partial charge in [0.25, 0.3) is 5.95 Å². The predicted molar refractivity (Wildman–Crippen MR) is 39.5 cm³/mol. The van der Waals surface area contributed by atoms with Gasteiger partial charge in [-0.15, -0.1) is 0 Å². The second-order valence-corrected chi connectivity index (χ2v) is 3.19. The molecular weight excluding hydrogens is 128 g/mol. The Morgan fingerprint density at radius 1 is 1.50 bits per heavy atom. The van der Waals surface area contributed by atoms with Crippen LogP contribution in [0.1, 0.15) is 26.7 Å². The fraction of sp³-hybridized carbons (Fsp3) is 0.750. The van der Waals surface area contributed by atoms with E-state index in [2.05, 4.69) is 6.58 Å². The first kappa shape index (κ1) is 7.45. The number of rotatable bonds is 0. The smallest absolute Gasteiger partial charge is 0.272 e. The zero-order valence-corrected chi connectivity index (χ0v) is 6.64. The highest BCUT2D eigenvalue weighted by atomic mass is 16.7. The third kappa shape index (κ3) is 1.94. The van der Waals surface area contributed by atoms with Gasteiger partial charge in [0, 0.05) is 0 Å². The van der Waals surface area contributed by atoms with E-state index in [0.717, 1.165) is 19.4 Å². The van der Waals surface area contributed by atoms with Gasteiger partial charge in [0.2, 0.25) is 0 Å². The van der Waals surface area contributed by atoms with E-state index >= 15 is 0 Å². The molecule has 1 fully saturated rings. The average molecular weight is 142 g/mol. The van der Waals surface area contributed by atoms with Crippen LogP contribution in [0, 0.1) is 0 Å². The van der Waals surface area contributed by atoms with E-state index < -0.39 is 0 Å².